The molecule has 3 aliphatic rings. The molecule has 1 N–H and O–H groups in total. The van der Waals surface area contributed by atoms with Gasteiger partial charge in [-0.2, -0.15) is 0 Å². The highest BCUT2D eigenvalue weighted by molar-refractivity contribution is 5.59. The van der Waals surface area contributed by atoms with Gasteiger partial charge in [0, 0.05) is 11.5 Å². The Kier molecular flexibility index (Phi) is 4.82. The smallest absolute Gasteiger partial charge is 0.457 e. The summed E-state index contributed by atoms with van der Waals surface area (Å²) in [5, 5.41) is 3.76. The molecule has 2 fully saturated rings. The van der Waals surface area contributed by atoms with E-state index in [0.29, 0.717) is 11.5 Å². The summed E-state index contributed by atoms with van der Waals surface area (Å²) in [5.74, 6) is 1.52. The van der Waals surface area contributed by atoms with Crippen molar-refractivity contribution in [2.24, 2.45) is 5.92 Å². The fourth-order valence-electron chi connectivity index (χ4n) is 5.37. The van der Waals surface area contributed by atoms with Gasteiger partial charge in [0.1, 0.15) is 5.75 Å². The lowest BCUT2D eigenvalue weighted by Gasteiger charge is -2.56. The van der Waals surface area contributed by atoms with Gasteiger partial charge in [-0.05, 0) is 75.3 Å². The molecule has 3 atom stereocenters. The predicted molar refractivity (Wildman–Crippen MR) is 98.4 cm³/mol. The fourth-order valence-corrected chi connectivity index (χ4v) is 5.37. The number of hydrogen-bond acceptors (Lipinski definition) is 5. The first-order valence-corrected chi connectivity index (χ1v) is 9.91. The number of carbonyl (C=O) groups is 1. The fraction of sp³-hybridized carbons (Fsp3) is 0.667. The number of benzene rings is 1. The topological polar surface area (TPSA) is 56.8 Å². The monoisotopic (exact) mass is 359 g/mol. The summed E-state index contributed by atoms with van der Waals surface area (Å²) < 4.78 is 15.6. The Labute approximate surface area is 155 Å². The van der Waals surface area contributed by atoms with E-state index in [4.69, 9.17) is 14.2 Å². The molecule has 1 saturated carbocycles. The second-order valence-corrected chi connectivity index (χ2v) is 8.17. The summed E-state index contributed by atoms with van der Waals surface area (Å²) in [6.45, 7) is 4.57. The van der Waals surface area contributed by atoms with Crippen molar-refractivity contribution in [3.8, 4) is 5.75 Å². The molecule has 1 aliphatic heterocycles. The quantitative estimate of drug-likeness (QED) is 0.652. The minimum absolute atomic E-state index is 0.120. The van der Waals surface area contributed by atoms with Crippen LogP contribution in [0.3, 0.4) is 0 Å². The molecule has 5 heteroatoms. The van der Waals surface area contributed by atoms with Gasteiger partial charge in [0.15, 0.2) is 0 Å². The van der Waals surface area contributed by atoms with Crippen LogP contribution in [0.4, 0.5) is 4.79 Å². The molecule has 1 heterocycles. The maximum Gasteiger partial charge on any atom is 0.511 e. The van der Waals surface area contributed by atoms with Crippen LogP contribution in [0.2, 0.25) is 0 Å². The first-order chi connectivity index (χ1) is 12.6. The van der Waals surface area contributed by atoms with Crippen LogP contribution in [0, 0.1) is 5.92 Å². The molecule has 1 aromatic carbocycles. The number of rotatable bonds is 4. The molecule has 1 saturated heterocycles. The van der Waals surface area contributed by atoms with E-state index in [1.54, 1.807) is 13.8 Å². The van der Waals surface area contributed by atoms with Gasteiger partial charge in [-0.25, -0.2) is 4.79 Å². The standard InChI is InChI=1S/C21H29NO4/c1-14(2)26-20(23)25-13-24-16-7-6-15-11-19-17-5-3-4-8-21(17,9-10-22-19)18(15)12-16/h6-7,12,14,17,19,22H,3-5,8-11,13H2,1-2H3/t17-,19+,21+/m0/s1. The summed E-state index contributed by atoms with van der Waals surface area (Å²) in [6.07, 6.45) is 6.71. The Morgan fingerprint density at radius 1 is 1.31 bits per heavy atom. The average Bonchev–Trinajstić information content (AvgIpc) is 2.61. The van der Waals surface area contributed by atoms with E-state index in [1.165, 1.54) is 43.2 Å². The summed E-state index contributed by atoms with van der Waals surface area (Å²) in [7, 11) is 0. The van der Waals surface area contributed by atoms with Crippen molar-refractivity contribution in [3.05, 3.63) is 29.3 Å². The zero-order valence-electron chi connectivity index (χ0n) is 15.8. The van der Waals surface area contributed by atoms with Crippen LogP contribution in [0.25, 0.3) is 0 Å². The molecular formula is C21H29NO4. The van der Waals surface area contributed by atoms with E-state index in [0.717, 1.165) is 24.6 Å². The lowest BCUT2D eigenvalue weighted by molar-refractivity contribution is -0.00834. The van der Waals surface area contributed by atoms with Crippen LogP contribution in [-0.4, -0.2) is 31.6 Å². The Morgan fingerprint density at radius 2 is 2.19 bits per heavy atom. The number of ether oxygens (including phenoxy) is 3. The third-order valence-electron chi connectivity index (χ3n) is 6.35. The van der Waals surface area contributed by atoms with E-state index in [1.807, 2.05) is 6.07 Å². The molecule has 0 aromatic heterocycles. The van der Waals surface area contributed by atoms with Gasteiger partial charge >= 0.3 is 6.16 Å². The molecular weight excluding hydrogens is 330 g/mol. The maximum absolute atomic E-state index is 11.5. The van der Waals surface area contributed by atoms with Crippen molar-refractivity contribution < 1.29 is 19.0 Å². The van der Waals surface area contributed by atoms with Crippen molar-refractivity contribution in [1.29, 1.82) is 0 Å². The molecule has 0 amide bonds. The highest BCUT2D eigenvalue weighted by atomic mass is 16.8. The highest BCUT2D eigenvalue weighted by Crippen LogP contribution is 2.54. The Bertz CT molecular complexity index is 670. The third-order valence-corrected chi connectivity index (χ3v) is 6.35. The van der Waals surface area contributed by atoms with Gasteiger partial charge in [0.25, 0.3) is 0 Å². The van der Waals surface area contributed by atoms with Gasteiger partial charge in [-0.1, -0.05) is 18.9 Å². The first kappa shape index (κ1) is 17.7. The van der Waals surface area contributed by atoms with Gasteiger partial charge in [-0.15, -0.1) is 0 Å². The predicted octanol–water partition coefficient (Wildman–Crippen LogP) is 3.93. The Hall–Kier alpha value is -1.75. The summed E-state index contributed by atoms with van der Waals surface area (Å²) in [4.78, 5) is 11.5. The highest BCUT2D eigenvalue weighted by Gasteiger charge is 2.51. The summed E-state index contributed by atoms with van der Waals surface area (Å²) in [6, 6.07) is 7.01. The second-order valence-electron chi connectivity index (χ2n) is 8.17. The number of carbonyl (C=O) groups excluding carboxylic acids is 1. The van der Waals surface area contributed by atoms with Crippen molar-refractivity contribution in [1.82, 2.24) is 5.32 Å². The molecule has 0 spiro atoms. The van der Waals surface area contributed by atoms with Crippen molar-refractivity contribution in [2.75, 3.05) is 13.3 Å². The van der Waals surface area contributed by atoms with Gasteiger partial charge in [0.2, 0.25) is 6.79 Å². The third kappa shape index (κ3) is 3.18. The van der Waals surface area contributed by atoms with Gasteiger partial charge in [-0.3, -0.25) is 0 Å². The zero-order valence-corrected chi connectivity index (χ0v) is 15.8. The minimum atomic E-state index is -0.690. The van der Waals surface area contributed by atoms with E-state index in [-0.39, 0.29) is 12.9 Å². The summed E-state index contributed by atoms with van der Waals surface area (Å²) in [5.41, 5.74) is 3.23. The largest absolute Gasteiger partial charge is 0.511 e. The van der Waals surface area contributed by atoms with E-state index in [2.05, 4.69) is 17.4 Å². The SMILES string of the molecule is CC(C)OC(=O)OCOc1ccc2c(c1)[C@@]13CCCC[C@H]1[C@@H](C2)NCC3. The molecule has 1 aromatic rings. The average molecular weight is 359 g/mol. The molecule has 2 bridgehead atoms. The first-order valence-electron chi connectivity index (χ1n) is 9.91. The lowest BCUT2D eigenvalue weighted by Crippen LogP contribution is -2.59. The van der Waals surface area contributed by atoms with E-state index >= 15 is 0 Å². The van der Waals surface area contributed by atoms with Gasteiger partial charge < -0.3 is 19.5 Å². The van der Waals surface area contributed by atoms with E-state index < -0.39 is 6.16 Å². The van der Waals surface area contributed by atoms with Crippen LogP contribution < -0.4 is 10.1 Å². The molecule has 4 rings (SSSR count). The summed E-state index contributed by atoms with van der Waals surface area (Å²) >= 11 is 0. The molecule has 26 heavy (non-hydrogen) atoms. The number of hydrogen-bond donors (Lipinski definition) is 1. The Balaban J connectivity index is 1.50. The zero-order chi connectivity index (χ0) is 18.1. The van der Waals surface area contributed by atoms with Crippen molar-refractivity contribution >= 4 is 6.16 Å². The number of fused-ring (bicyclic) bond motifs is 1. The molecule has 2 aliphatic carbocycles. The van der Waals surface area contributed by atoms with Crippen molar-refractivity contribution in [3.63, 3.8) is 0 Å². The molecule has 0 radical (unpaired) electrons. The number of piperidine rings is 1. The maximum atomic E-state index is 11.5. The molecule has 0 unspecified atom stereocenters. The number of nitrogens with one attached hydrogen (secondary N) is 1. The van der Waals surface area contributed by atoms with E-state index in [9.17, 15) is 4.79 Å². The molecule has 5 nitrogen and oxygen atoms in total. The lowest BCUT2D eigenvalue weighted by atomic mass is 9.53. The molecule has 142 valence electrons. The Morgan fingerprint density at radius 3 is 3.04 bits per heavy atom. The van der Waals surface area contributed by atoms with Crippen molar-refractivity contribution in [2.45, 2.75) is 69.9 Å². The minimum Gasteiger partial charge on any atom is -0.457 e. The van der Waals surface area contributed by atoms with Crippen LogP contribution in [0.5, 0.6) is 5.75 Å². The van der Waals surface area contributed by atoms with Crippen LogP contribution >= 0.6 is 0 Å². The normalized spacial score (nSPS) is 29.5. The van der Waals surface area contributed by atoms with Crippen LogP contribution in [-0.2, 0) is 21.3 Å². The van der Waals surface area contributed by atoms with Crippen LogP contribution in [0.15, 0.2) is 18.2 Å². The van der Waals surface area contributed by atoms with Gasteiger partial charge in [0.05, 0.1) is 6.10 Å². The second kappa shape index (κ2) is 7.10. The van der Waals surface area contributed by atoms with Crippen LogP contribution in [0.1, 0.15) is 57.1 Å².